The quantitative estimate of drug-likeness (QED) is 0.795. The minimum absolute atomic E-state index is 0.110. The van der Waals surface area contributed by atoms with Gasteiger partial charge in [0.05, 0.1) is 27.9 Å². The summed E-state index contributed by atoms with van der Waals surface area (Å²) in [5, 5.41) is 0. The smallest absolute Gasteiger partial charge is 0.319 e. The molecule has 0 bridgehead atoms. The van der Waals surface area contributed by atoms with Crippen LogP contribution in [0.4, 0.5) is 0 Å². The normalized spacial score (nSPS) is 17.0. The first-order valence-corrected chi connectivity index (χ1v) is 6.97. The summed E-state index contributed by atoms with van der Waals surface area (Å²) in [5.74, 6) is 1.24. The zero-order valence-corrected chi connectivity index (χ0v) is 13.4. The molecule has 5 nitrogen and oxygen atoms in total. The van der Waals surface area contributed by atoms with Crippen molar-refractivity contribution in [2.45, 2.75) is 32.4 Å². The lowest BCUT2D eigenvalue weighted by atomic mass is 9.85. The fourth-order valence-electron chi connectivity index (χ4n) is 2.76. The van der Waals surface area contributed by atoms with Crippen LogP contribution in [0, 0.1) is 0 Å². The highest BCUT2D eigenvalue weighted by Gasteiger charge is 2.34. The maximum atomic E-state index is 11.6. The van der Waals surface area contributed by atoms with Crippen LogP contribution in [0.25, 0.3) is 0 Å². The molecule has 1 aromatic carbocycles. The maximum absolute atomic E-state index is 11.6. The number of benzene rings is 1. The van der Waals surface area contributed by atoms with Gasteiger partial charge in [-0.05, 0) is 43.5 Å². The monoisotopic (exact) mass is 293 g/mol. The van der Waals surface area contributed by atoms with Gasteiger partial charge < -0.3 is 14.2 Å². The van der Waals surface area contributed by atoms with Crippen LogP contribution in [0.1, 0.15) is 25.0 Å². The van der Waals surface area contributed by atoms with E-state index in [-0.39, 0.29) is 18.1 Å². The summed E-state index contributed by atoms with van der Waals surface area (Å²) in [4.78, 5) is 13.7. The van der Waals surface area contributed by atoms with Crippen molar-refractivity contribution >= 4 is 5.97 Å². The summed E-state index contributed by atoms with van der Waals surface area (Å²) in [5.41, 5.74) is 2.29. The molecule has 0 atom stereocenters. The number of fused-ring (bicyclic) bond motifs is 1. The zero-order valence-electron chi connectivity index (χ0n) is 13.4. The summed E-state index contributed by atoms with van der Waals surface area (Å²) in [6.45, 7) is 5.25. The molecular formula is C16H23NO4. The van der Waals surface area contributed by atoms with Gasteiger partial charge in [-0.15, -0.1) is 0 Å². The van der Waals surface area contributed by atoms with Gasteiger partial charge in [-0.1, -0.05) is 0 Å². The molecule has 0 saturated carbocycles. The van der Waals surface area contributed by atoms with Crippen LogP contribution in [0.15, 0.2) is 12.1 Å². The molecule has 0 aliphatic carbocycles. The molecule has 0 amide bonds. The fourth-order valence-corrected chi connectivity index (χ4v) is 2.76. The molecule has 116 valence electrons. The van der Waals surface area contributed by atoms with Crippen LogP contribution >= 0.6 is 0 Å². The topological polar surface area (TPSA) is 48.0 Å². The highest BCUT2D eigenvalue weighted by molar-refractivity contribution is 5.71. The predicted octanol–water partition coefficient (Wildman–Crippen LogP) is 2.01. The van der Waals surface area contributed by atoms with Gasteiger partial charge in [0, 0.05) is 12.1 Å². The van der Waals surface area contributed by atoms with Crippen molar-refractivity contribution in [2.24, 2.45) is 0 Å². The summed E-state index contributed by atoms with van der Waals surface area (Å²) in [7, 11) is 4.69. The number of ether oxygens (including phenoxy) is 3. The zero-order chi connectivity index (χ0) is 15.6. The number of methoxy groups -OCH3 is 3. The fraction of sp³-hybridized carbons (Fsp3) is 0.562. The number of hydrogen-bond donors (Lipinski definition) is 0. The third-order valence-corrected chi connectivity index (χ3v) is 4.09. The molecule has 0 saturated heterocycles. The van der Waals surface area contributed by atoms with Crippen molar-refractivity contribution in [3.8, 4) is 11.5 Å². The molecule has 0 fully saturated rings. The van der Waals surface area contributed by atoms with Crippen molar-refractivity contribution in [3.05, 3.63) is 23.3 Å². The van der Waals surface area contributed by atoms with Crippen LogP contribution in [-0.2, 0) is 22.5 Å². The van der Waals surface area contributed by atoms with Crippen molar-refractivity contribution in [2.75, 3.05) is 27.9 Å². The van der Waals surface area contributed by atoms with Gasteiger partial charge in [-0.3, -0.25) is 9.69 Å². The average molecular weight is 293 g/mol. The first kappa shape index (κ1) is 15.6. The van der Waals surface area contributed by atoms with Gasteiger partial charge in [0.25, 0.3) is 0 Å². The van der Waals surface area contributed by atoms with Gasteiger partial charge in [0.15, 0.2) is 11.5 Å². The van der Waals surface area contributed by atoms with Crippen molar-refractivity contribution < 1.29 is 19.0 Å². The van der Waals surface area contributed by atoms with E-state index in [1.807, 2.05) is 12.1 Å². The molecule has 1 aliphatic rings. The SMILES string of the molecule is COC(=O)CN1Cc2cc(OC)c(OC)cc2CC1(C)C. The second-order valence-corrected chi connectivity index (χ2v) is 5.90. The van der Waals surface area contributed by atoms with E-state index >= 15 is 0 Å². The Morgan fingerprint density at radius 2 is 1.71 bits per heavy atom. The molecular weight excluding hydrogens is 270 g/mol. The van der Waals surface area contributed by atoms with Crippen LogP contribution in [0.3, 0.4) is 0 Å². The lowest BCUT2D eigenvalue weighted by molar-refractivity contribution is -0.143. The molecule has 0 radical (unpaired) electrons. The molecule has 2 rings (SSSR count). The van der Waals surface area contributed by atoms with E-state index < -0.39 is 0 Å². The van der Waals surface area contributed by atoms with E-state index in [1.165, 1.54) is 12.7 Å². The maximum Gasteiger partial charge on any atom is 0.319 e. The van der Waals surface area contributed by atoms with Gasteiger partial charge in [-0.25, -0.2) is 0 Å². The molecule has 0 aromatic heterocycles. The lowest BCUT2D eigenvalue weighted by Crippen LogP contribution is -2.50. The first-order valence-electron chi connectivity index (χ1n) is 6.97. The summed E-state index contributed by atoms with van der Waals surface area (Å²) < 4.78 is 15.5. The van der Waals surface area contributed by atoms with Crippen LogP contribution < -0.4 is 9.47 Å². The van der Waals surface area contributed by atoms with E-state index in [2.05, 4.69) is 18.7 Å². The van der Waals surface area contributed by atoms with E-state index in [0.717, 1.165) is 17.7 Å². The Hall–Kier alpha value is -1.75. The standard InChI is InChI=1S/C16H23NO4/c1-16(2)8-11-6-13(19-3)14(20-4)7-12(11)9-17(16)10-15(18)21-5/h6-7H,8-10H2,1-5H3. The van der Waals surface area contributed by atoms with Crippen molar-refractivity contribution in [3.63, 3.8) is 0 Å². The Labute approximate surface area is 125 Å². The van der Waals surface area contributed by atoms with Crippen molar-refractivity contribution in [1.29, 1.82) is 0 Å². The number of nitrogens with zero attached hydrogens (tertiary/aromatic N) is 1. The van der Waals surface area contributed by atoms with Crippen LogP contribution in [-0.4, -0.2) is 44.3 Å². The number of carbonyl (C=O) groups excluding carboxylic acids is 1. The number of hydrogen-bond acceptors (Lipinski definition) is 5. The summed E-state index contributed by atoms with van der Waals surface area (Å²) in [6, 6.07) is 4.03. The first-order chi connectivity index (χ1) is 9.91. The highest BCUT2D eigenvalue weighted by atomic mass is 16.5. The van der Waals surface area contributed by atoms with E-state index in [9.17, 15) is 4.79 Å². The molecule has 5 heteroatoms. The summed E-state index contributed by atoms with van der Waals surface area (Å²) in [6.07, 6.45) is 0.847. The molecule has 21 heavy (non-hydrogen) atoms. The van der Waals surface area contributed by atoms with Crippen LogP contribution in [0.5, 0.6) is 11.5 Å². The summed E-state index contributed by atoms with van der Waals surface area (Å²) >= 11 is 0. The Kier molecular flexibility index (Phi) is 4.42. The van der Waals surface area contributed by atoms with E-state index in [1.54, 1.807) is 14.2 Å². The van der Waals surface area contributed by atoms with E-state index in [4.69, 9.17) is 14.2 Å². The second-order valence-electron chi connectivity index (χ2n) is 5.90. The highest BCUT2D eigenvalue weighted by Crippen LogP contribution is 2.37. The third-order valence-electron chi connectivity index (χ3n) is 4.09. The Morgan fingerprint density at radius 3 is 2.24 bits per heavy atom. The number of rotatable bonds is 4. The molecule has 1 aromatic rings. The van der Waals surface area contributed by atoms with Gasteiger partial charge in [0.1, 0.15) is 0 Å². The minimum Gasteiger partial charge on any atom is -0.493 e. The Bertz CT molecular complexity index is 539. The lowest BCUT2D eigenvalue weighted by Gasteiger charge is -2.42. The minimum atomic E-state index is -0.216. The molecule has 1 aliphatic heterocycles. The third kappa shape index (κ3) is 3.13. The molecule has 0 spiro atoms. The predicted molar refractivity (Wildman–Crippen MR) is 79.8 cm³/mol. The van der Waals surface area contributed by atoms with E-state index in [0.29, 0.717) is 12.3 Å². The average Bonchev–Trinajstić information content (AvgIpc) is 2.46. The molecule has 0 N–H and O–H groups in total. The van der Waals surface area contributed by atoms with Crippen LogP contribution in [0.2, 0.25) is 0 Å². The van der Waals surface area contributed by atoms with Crippen molar-refractivity contribution in [1.82, 2.24) is 4.90 Å². The van der Waals surface area contributed by atoms with Gasteiger partial charge >= 0.3 is 5.97 Å². The number of esters is 1. The molecule has 1 heterocycles. The second kappa shape index (κ2) is 5.93. The molecule has 0 unspecified atom stereocenters. The van der Waals surface area contributed by atoms with Gasteiger partial charge in [0.2, 0.25) is 0 Å². The Balaban J connectivity index is 2.34. The number of carbonyl (C=O) groups is 1. The Morgan fingerprint density at radius 1 is 1.14 bits per heavy atom. The largest absolute Gasteiger partial charge is 0.493 e. The van der Waals surface area contributed by atoms with Gasteiger partial charge in [-0.2, -0.15) is 0 Å².